The molecule has 0 atom stereocenters. The van der Waals surface area contributed by atoms with E-state index in [0.29, 0.717) is 40.6 Å². The van der Waals surface area contributed by atoms with E-state index in [-0.39, 0.29) is 24.4 Å². The van der Waals surface area contributed by atoms with E-state index < -0.39 is 0 Å². The summed E-state index contributed by atoms with van der Waals surface area (Å²) in [5.74, 6) is 0.110. The summed E-state index contributed by atoms with van der Waals surface area (Å²) in [5, 5.41) is 3.66. The molecule has 0 radical (unpaired) electrons. The zero-order valence-electron chi connectivity index (χ0n) is 15.7. The predicted molar refractivity (Wildman–Crippen MR) is 116 cm³/mol. The summed E-state index contributed by atoms with van der Waals surface area (Å²) in [6.45, 7) is 0.893. The molecule has 1 aromatic heterocycles. The molecular formula is C20H19BrClN3O4. The third kappa shape index (κ3) is 5.35. The van der Waals surface area contributed by atoms with Crippen LogP contribution in [0, 0.1) is 0 Å². The van der Waals surface area contributed by atoms with Crippen LogP contribution in [0.15, 0.2) is 52.0 Å². The quantitative estimate of drug-likeness (QED) is 0.495. The second-order valence-electron chi connectivity index (χ2n) is 6.16. The normalized spacial score (nSPS) is 10.9. The number of rotatable bonds is 8. The van der Waals surface area contributed by atoms with Crippen molar-refractivity contribution < 1.29 is 14.3 Å². The maximum Gasteiger partial charge on any atom is 0.261 e. The lowest BCUT2D eigenvalue weighted by Gasteiger charge is -2.14. The number of hydrogen-bond donors (Lipinski definition) is 1. The van der Waals surface area contributed by atoms with Gasteiger partial charge in [-0.15, -0.1) is 0 Å². The van der Waals surface area contributed by atoms with E-state index in [4.69, 9.17) is 21.1 Å². The van der Waals surface area contributed by atoms with Gasteiger partial charge in [0, 0.05) is 24.5 Å². The minimum atomic E-state index is -0.273. The van der Waals surface area contributed by atoms with Gasteiger partial charge in [0.1, 0.15) is 6.61 Å². The third-order valence-corrected chi connectivity index (χ3v) is 4.93. The molecule has 0 unspecified atom stereocenters. The molecule has 3 aromatic rings. The molecule has 29 heavy (non-hydrogen) atoms. The van der Waals surface area contributed by atoms with Crippen molar-refractivity contribution in [2.45, 2.75) is 13.0 Å². The van der Waals surface area contributed by atoms with Crippen molar-refractivity contribution in [3.8, 4) is 5.75 Å². The molecular weight excluding hydrogens is 462 g/mol. The van der Waals surface area contributed by atoms with Crippen LogP contribution in [-0.4, -0.2) is 35.8 Å². The molecule has 0 spiro atoms. The van der Waals surface area contributed by atoms with Crippen molar-refractivity contribution in [3.05, 3.63) is 62.6 Å². The summed E-state index contributed by atoms with van der Waals surface area (Å²) in [6.07, 6.45) is 1.54. The van der Waals surface area contributed by atoms with Gasteiger partial charge in [-0.3, -0.25) is 14.2 Å². The van der Waals surface area contributed by atoms with E-state index in [1.807, 2.05) is 6.07 Å². The Kier molecular flexibility index (Phi) is 7.24. The molecule has 0 aliphatic heterocycles. The molecule has 0 aliphatic carbocycles. The van der Waals surface area contributed by atoms with E-state index in [1.165, 1.54) is 10.9 Å². The Hall–Kier alpha value is -2.42. The third-order valence-electron chi connectivity index (χ3n) is 4.14. The number of nitrogens with one attached hydrogen (secondary N) is 1. The average Bonchev–Trinajstić information content (AvgIpc) is 2.70. The van der Waals surface area contributed by atoms with Gasteiger partial charge in [0.25, 0.3) is 5.56 Å². The number of carbonyl (C=O) groups is 1. The molecule has 0 fully saturated rings. The summed E-state index contributed by atoms with van der Waals surface area (Å²) in [6, 6.07) is 10.4. The van der Waals surface area contributed by atoms with Crippen LogP contribution in [0.25, 0.3) is 10.9 Å². The molecule has 0 saturated heterocycles. The highest BCUT2D eigenvalue weighted by Gasteiger charge is 2.12. The topological polar surface area (TPSA) is 82.4 Å². The fraction of sp³-hybridized carbons (Fsp3) is 0.250. The Morgan fingerprint density at radius 1 is 1.28 bits per heavy atom. The fourth-order valence-electron chi connectivity index (χ4n) is 2.71. The van der Waals surface area contributed by atoms with Crippen molar-refractivity contribution >= 4 is 50.0 Å². The molecule has 1 amide bonds. The minimum Gasteiger partial charge on any atom is -0.487 e. The first-order valence-electron chi connectivity index (χ1n) is 8.84. The molecule has 1 heterocycles. The minimum absolute atomic E-state index is 0.0884. The Morgan fingerprint density at radius 2 is 2.10 bits per heavy atom. The SMILES string of the molecule is COCCOc1c(Cl)cccc1NC(=O)CCn1cnc2ccc(Br)cc2c1=O. The predicted octanol–water partition coefficient (Wildman–Crippen LogP) is 3.87. The van der Waals surface area contributed by atoms with Gasteiger partial charge in [-0.25, -0.2) is 4.98 Å². The van der Waals surface area contributed by atoms with E-state index >= 15 is 0 Å². The first-order chi connectivity index (χ1) is 14.0. The van der Waals surface area contributed by atoms with E-state index in [9.17, 15) is 9.59 Å². The average molecular weight is 481 g/mol. The van der Waals surface area contributed by atoms with Crippen LogP contribution in [0.4, 0.5) is 5.69 Å². The van der Waals surface area contributed by atoms with Gasteiger partial charge in [0.2, 0.25) is 5.91 Å². The Bertz CT molecular complexity index is 1090. The number of ether oxygens (including phenoxy) is 2. The Morgan fingerprint density at radius 3 is 2.90 bits per heavy atom. The van der Waals surface area contributed by atoms with Crippen LogP contribution in [0.1, 0.15) is 6.42 Å². The fourth-order valence-corrected chi connectivity index (χ4v) is 3.30. The number of aryl methyl sites for hydroxylation is 1. The van der Waals surface area contributed by atoms with Gasteiger partial charge in [0.05, 0.1) is 34.5 Å². The maximum atomic E-state index is 12.6. The van der Waals surface area contributed by atoms with Gasteiger partial charge in [-0.2, -0.15) is 0 Å². The summed E-state index contributed by atoms with van der Waals surface area (Å²) >= 11 is 9.53. The number of halogens is 2. The lowest BCUT2D eigenvalue weighted by atomic mass is 10.2. The number of fused-ring (bicyclic) bond motifs is 1. The summed E-state index contributed by atoms with van der Waals surface area (Å²) in [4.78, 5) is 29.3. The molecule has 0 aliphatic rings. The van der Waals surface area contributed by atoms with Crippen molar-refractivity contribution in [2.24, 2.45) is 0 Å². The van der Waals surface area contributed by atoms with Crippen LogP contribution in [0.2, 0.25) is 5.02 Å². The lowest BCUT2D eigenvalue weighted by molar-refractivity contribution is -0.116. The first kappa shape index (κ1) is 21.3. The van der Waals surface area contributed by atoms with E-state index in [0.717, 1.165) is 4.47 Å². The first-order valence-corrected chi connectivity index (χ1v) is 10.0. The zero-order valence-corrected chi connectivity index (χ0v) is 18.0. The van der Waals surface area contributed by atoms with Gasteiger partial charge in [-0.1, -0.05) is 33.6 Å². The summed E-state index contributed by atoms with van der Waals surface area (Å²) in [5.41, 5.74) is 0.873. The number of benzene rings is 2. The molecule has 9 heteroatoms. The number of methoxy groups -OCH3 is 1. The lowest BCUT2D eigenvalue weighted by Crippen LogP contribution is -2.23. The number of anilines is 1. The monoisotopic (exact) mass is 479 g/mol. The molecule has 0 saturated carbocycles. The van der Waals surface area contributed by atoms with Crippen LogP contribution in [-0.2, 0) is 16.1 Å². The molecule has 1 N–H and O–H groups in total. The van der Waals surface area contributed by atoms with Gasteiger partial charge < -0.3 is 14.8 Å². The van der Waals surface area contributed by atoms with Crippen LogP contribution in [0.3, 0.4) is 0 Å². The largest absolute Gasteiger partial charge is 0.487 e. The number of aromatic nitrogens is 2. The van der Waals surface area contributed by atoms with Gasteiger partial charge in [0.15, 0.2) is 5.75 Å². The van der Waals surface area contributed by atoms with Gasteiger partial charge in [-0.05, 0) is 30.3 Å². The summed E-state index contributed by atoms with van der Waals surface area (Å²) in [7, 11) is 1.57. The highest BCUT2D eigenvalue weighted by molar-refractivity contribution is 9.10. The highest BCUT2D eigenvalue weighted by atomic mass is 79.9. The van der Waals surface area contributed by atoms with Gasteiger partial charge >= 0.3 is 0 Å². The second-order valence-corrected chi connectivity index (χ2v) is 7.48. The molecule has 152 valence electrons. The highest BCUT2D eigenvalue weighted by Crippen LogP contribution is 2.33. The van der Waals surface area contributed by atoms with E-state index in [2.05, 4.69) is 26.2 Å². The number of hydrogen-bond acceptors (Lipinski definition) is 5. The van der Waals surface area contributed by atoms with Crippen LogP contribution < -0.4 is 15.6 Å². The van der Waals surface area contributed by atoms with Crippen molar-refractivity contribution in [1.29, 1.82) is 0 Å². The van der Waals surface area contributed by atoms with Crippen LogP contribution in [0.5, 0.6) is 5.75 Å². The number of carbonyl (C=O) groups excluding carboxylic acids is 1. The Labute approximate surface area is 180 Å². The maximum absolute atomic E-state index is 12.6. The van der Waals surface area contributed by atoms with E-state index in [1.54, 1.807) is 37.4 Å². The molecule has 7 nitrogen and oxygen atoms in total. The Balaban J connectivity index is 1.69. The van der Waals surface area contributed by atoms with Crippen molar-refractivity contribution in [2.75, 3.05) is 25.6 Å². The number of nitrogens with zero attached hydrogens (tertiary/aromatic N) is 2. The number of amides is 1. The number of para-hydroxylation sites is 1. The standard InChI is InChI=1S/C20H19BrClN3O4/c1-28-9-10-29-19-15(22)3-2-4-17(19)24-18(26)7-8-25-12-23-16-6-5-13(21)11-14(16)20(25)27/h2-6,11-12H,7-10H2,1H3,(H,24,26). The molecule has 2 aromatic carbocycles. The van der Waals surface area contributed by atoms with Crippen molar-refractivity contribution in [3.63, 3.8) is 0 Å². The second kappa shape index (κ2) is 9.87. The smallest absolute Gasteiger partial charge is 0.261 e. The zero-order chi connectivity index (χ0) is 20.8. The van der Waals surface area contributed by atoms with Crippen LogP contribution >= 0.6 is 27.5 Å². The molecule has 0 bridgehead atoms. The van der Waals surface area contributed by atoms with Crippen molar-refractivity contribution in [1.82, 2.24) is 9.55 Å². The summed E-state index contributed by atoms with van der Waals surface area (Å²) < 4.78 is 12.8. The molecule has 3 rings (SSSR count).